The molecule has 1 aliphatic rings. The fourth-order valence-electron chi connectivity index (χ4n) is 4.56. The summed E-state index contributed by atoms with van der Waals surface area (Å²) in [5.41, 5.74) is 3.35. The molecule has 10 heteroatoms. The maximum Gasteiger partial charge on any atom is 0.272 e. The van der Waals surface area contributed by atoms with Crippen LogP contribution in [0.3, 0.4) is 0 Å². The first kappa shape index (κ1) is 30.9. The molecule has 1 atom stereocenters. The van der Waals surface area contributed by atoms with Crippen LogP contribution in [-0.4, -0.2) is 28.9 Å². The molecule has 0 saturated carbocycles. The lowest BCUT2D eigenvalue weighted by Gasteiger charge is -2.16. The number of nitrogens with zero attached hydrogens (tertiary/aromatic N) is 1. The van der Waals surface area contributed by atoms with E-state index >= 15 is 0 Å². The summed E-state index contributed by atoms with van der Waals surface area (Å²) in [6.45, 7) is 3.90. The molecule has 2 N–H and O–H groups in total. The van der Waals surface area contributed by atoms with E-state index < -0.39 is 22.9 Å². The summed E-state index contributed by atoms with van der Waals surface area (Å²) in [5, 5.41) is 4.69. The van der Waals surface area contributed by atoms with E-state index in [1.807, 2.05) is 26.0 Å². The van der Waals surface area contributed by atoms with Crippen LogP contribution in [0.2, 0.25) is 0 Å². The fourth-order valence-corrected chi connectivity index (χ4v) is 5.94. The number of halogens is 2. The number of amides is 4. The van der Waals surface area contributed by atoms with Gasteiger partial charge in [-0.2, -0.15) is 0 Å². The summed E-state index contributed by atoms with van der Waals surface area (Å²) in [6, 6.07) is 24.9. The van der Waals surface area contributed by atoms with Gasteiger partial charge in [0.15, 0.2) is 0 Å². The highest BCUT2D eigenvalue weighted by Gasteiger charge is 2.40. The van der Waals surface area contributed by atoms with Gasteiger partial charge in [-0.15, -0.1) is 11.8 Å². The second-order valence-corrected chi connectivity index (χ2v) is 12.4. The number of nitrogens with one attached hydrogen (secondary N) is 2. The molecule has 0 aromatic heterocycles. The molecule has 4 amide bonds. The Hall–Kier alpha value is -4.54. The van der Waals surface area contributed by atoms with E-state index in [0.717, 1.165) is 15.6 Å². The number of hydrogen-bond acceptors (Lipinski definition) is 5. The first-order valence-electron chi connectivity index (χ1n) is 13.6. The van der Waals surface area contributed by atoms with E-state index in [1.54, 1.807) is 54.6 Å². The number of thioether (sulfide) groups is 1. The van der Waals surface area contributed by atoms with Gasteiger partial charge in [0.1, 0.15) is 11.5 Å². The Labute approximate surface area is 266 Å². The minimum absolute atomic E-state index is 0.0508. The van der Waals surface area contributed by atoms with E-state index in [9.17, 15) is 23.6 Å². The Morgan fingerprint density at radius 1 is 0.932 bits per heavy atom. The summed E-state index contributed by atoms with van der Waals surface area (Å²) in [7, 11) is 0. The summed E-state index contributed by atoms with van der Waals surface area (Å²) in [5.74, 6) is -2.69. The van der Waals surface area contributed by atoms with Crippen molar-refractivity contribution in [3.8, 4) is 0 Å². The average molecular weight is 673 g/mol. The Kier molecular flexibility index (Phi) is 9.41. The van der Waals surface area contributed by atoms with Crippen molar-refractivity contribution >= 4 is 68.8 Å². The molecule has 0 radical (unpaired) electrons. The van der Waals surface area contributed by atoms with Crippen molar-refractivity contribution in [1.82, 2.24) is 5.32 Å². The molecule has 0 bridgehead atoms. The summed E-state index contributed by atoms with van der Waals surface area (Å²) in [6.07, 6.45) is 1.54. The van der Waals surface area contributed by atoms with Gasteiger partial charge in [-0.1, -0.05) is 52.3 Å². The first-order chi connectivity index (χ1) is 21.1. The van der Waals surface area contributed by atoms with Crippen LogP contribution >= 0.6 is 27.7 Å². The van der Waals surface area contributed by atoms with Crippen LogP contribution in [0.15, 0.2) is 106 Å². The van der Waals surface area contributed by atoms with Gasteiger partial charge in [-0.3, -0.25) is 19.2 Å². The van der Waals surface area contributed by atoms with E-state index in [-0.39, 0.29) is 29.5 Å². The third kappa shape index (κ3) is 7.15. The number of aryl methyl sites for hydroxylation is 2. The second kappa shape index (κ2) is 13.4. The minimum Gasteiger partial charge on any atom is -0.321 e. The van der Waals surface area contributed by atoms with Crippen LogP contribution in [-0.2, 0) is 14.4 Å². The normalized spacial score (nSPS) is 15.0. The molecule has 44 heavy (non-hydrogen) atoms. The van der Waals surface area contributed by atoms with Crippen molar-refractivity contribution in [2.75, 3.05) is 10.2 Å². The van der Waals surface area contributed by atoms with Crippen molar-refractivity contribution in [3.05, 3.63) is 129 Å². The zero-order chi connectivity index (χ0) is 31.4. The van der Waals surface area contributed by atoms with Gasteiger partial charge in [0.05, 0.1) is 16.5 Å². The summed E-state index contributed by atoms with van der Waals surface area (Å²) >= 11 is 4.61. The standard InChI is InChI=1S/C34H27BrFN3O4S/c1-20-10-15-25(16-21(20)2)39-31(40)19-30(34(39)43)44-26-7-5-6-24(18-26)37-33(42)29(17-22-11-13-23(35)14-12-22)38-32(41)27-8-3-4-9-28(27)36/h3-18,30H,19H2,1-2H3,(H,37,42)(H,38,41)/b29-17-. The van der Waals surface area contributed by atoms with Gasteiger partial charge in [-0.05, 0) is 91.2 Å². The van der Waals surface area contributed by atoms with E-state index in [0.29, 0.717) is 21.8 Å². The SMILES string of the molecule is Cc1ccc(N2C(=O)CC(Sc3cccc(NC(=O)/C(=C/c4ccc(Br)cc4)NC(=O)c4ccccc4F)c3)C2=O)cc1C. The van der Waals surface area contributed by atoms with Crippen LogP contribution in [0.5, 0.6) is 0 Å². The number of anilines is 2. The highest BCUT2D eigenvalue weighted by molar-refractivity contribution is 9.10. The number of carbonyl (C=O) groups excluding carboxylic acids is 4. The number of rotatable bonds is 8. The van der Waals surface area contributed by atoms with Crippen LogP contribution in [0.4, 0.5) is 15.8 Å². The molecule has 4 aromatic rings. The summed E-state index contributed by atoms with van der Waals surface area (Å²) in [4.78, 5) is 54.3. The zero-order valence-electron chi connectivity index (χ0n) is 23.8. The van der Waals surface area contributed by atoms with Crippen LogP contribution in [0.1, 0.15) is 33.5 Å². The van der Waals surface area contributed by atoms with Crippen molar-refractivity contribution in [1.29, 1.82) is 0 Å². The molecule has 0 spiro atoms. The Bertz CT molecular complexity index is 1810. The van der Waals surface area contributed by atoms with Crippen molar-refractivity contribution in [2.24, 2.45) is 0 Å². The molecule has 5 rings (SSSR count). The van der Waals surface area contributed by atoms with Gasteiger partial charge in [0.2, 0.25) is 11.8 Å². The Balaban J connectivity index is 1.33. The van der Waals surface area contributed by atoms with Crippen molar-refractivity contribution < 1.29 is 23.6 Å². The van der Waals surface area contributed by atoms with Crippen molar-refractivity contribution in [2.45, 2.75) is 30.4 Å². The van der Waals surface area contributed by atoms with Crippen molar-refractivity contribution in [3.63, 3.8) is 0 Å². The highest BCUT2D eigenvalue weighted by Crippen LogP contribution is 2.35. The minimum atomic E-state index is -0.774. The molecular formula is C34H27BrFN3O4S. The molecular weight excluding hydrogens is 645 g/mol. The first-order valence-corrected chi connectivity index (χ1v) is 15.3. The predicted octanol–water partition coefficient (Wildman–Crippen LogP) is 7.04. The van der Waals surface area contributed by atoms with Crippen LogP contribution in [0.25, 0.3) is 6.08 Å². The molecule has 1 saturated heterocycles. The quantitative estimate of drug-likeness (QED) is 0.155. The molecule has 1 unspecified atom stereocenters. The van der Waals surface area contributed by atoms with Crippen LogP contribution in [0, 0.1) is 19.7 Å². The molecule has 7 nitrogen and oxygen atoms in total. The van der Waals surface area contributed by atoms with E-state index in [1.165, 1.54) is 47.0 Å². The third-order valence-corrected chi connectivity index (χ3v) is 8.72. The fraction of sp³-hybridized carbons (Fsp3) is 0.118. The molecule has 0 aliphatic carbocycles. The second-order valence-electron chi connectivity index (χ2n) is 10.2. The third-order valence-electron chi connectivity index (χ3n) is 7.02. The molecule has 4 aromatic carbocycles. The molecule has 1 heterocycles. The Morgan fingerprint density at radius 3 is 2.41 bits per heavy atom. The van der Waals surface area contributed by atoms with Gasteiger partial charge in [0.25, 0.3) is 11.8 Å². The Morgan fingerprint density at radius 2 is 1.68 bits per heavy atom. The number of benzene rings is 4. The largest absolute Gasteiger partial charge is 0.321 e. The maximum absolute atomic E-state index is 14.3. The van der Waals surface area contributed by atoms with E-state index in [2.05, 4.69) is 26.6 Å². The number of hydrogen-bond donors (Lipinski definition) is 2. The maximum atomic E-state index is 14.3. The summed E-state index contributed by atoms with van der Waals surface area (Å²) < 4.78 is 15.1. The predicted molar refractivity (Wildman–Crippen MR) is 174 cm³/mol. The topological polar surface area (TPSA) is 95.6 Å². The van der Waals surface area contributed by atoms with Crippen LogP contribution < -0.4 is 15.5 Å². The lowest BCUT2D eigenvalue weighted by Crippen LogP contribution is -2.31. The van der Waals surface area contributed by atoms with E-state index in [4.69, 9.17) is 0 Å². The average Bonchev–Trinajstić information content (AvgIpc) is 3.27. The lowest BCUT2D eigenvalue weighted by molar-refractivity contribution is -0.121. The number of imide groups is 1. The van der Waals surface area contributed by atoms with Gasteiger partial charge < -0.3 is 10.6 Å². The zero-order valence-corrected chi connectivity index (χ0v) is 26.2. The highest BCUT2D eigenvalue weighted by atomic mass is 79.9. The molecule has 1 aliphatic heterocycles. The van der Waals surface area contributed by atoms with Gasteiger partial charge in [-0.25, -0.2) is 9.29 Å². The smallest absolute Gasteiger partial charge is 0.272 e. The van der Waals surface area contributed by atoms with Gasteiger partial charge >= 0.3 is 0 Å². The number of carbonyl (C=O) groups is 4. The van der Waals surface area contributed by atoms with Gasteiger partial charge in [0, 0.05) is 21.5 Å². The monoisotopic (exact) mass is 671 g/mol. The molecule has 1 fully saturated rings. The molecule has 222 valence electrons. The lowest BCUT2D eigenvalue weighted by atomic mass is 10.1.